The Bertz CT molecular complexity index is 1640. The van der Waals surface area contributed by atoms with Crippen LogP contribution in [0.15, 0.2) is 34.7 Å². The molecule has 2 atom stereocenters. The van der Waals surface area contributed by atoms with Crippen molar-refractivity contribution in [2.45, 2.75) is 149 Å². The number of unbranched alkanes of at least 4 members (excludes halogenated alkanes) is 3. The zero-order valence-corrected chi connectivity index (χ0v) is 40.0. The van der Waals surface area contributed by atoms with Gasteiger partial charge in [0, 0.05) is 11.1 Å². The van der Waals surface area contributed by atoms with Crippen LogP contribution in [0.5, 0.6) is 5.75 Å². The highest BCUT2D eigenvalue weighted by atomic mass is 28.4. The monoisotopic (exact) mass is 862 g/mol. The Morgan fingerprint density at radius 2 is 1.47 bits per heavy atom. The Labute approximate surface area is 354 Å². The Morgan fingerprint density at radius 3 is 1.98 bits per heavy atom. The van der Waals surface area contributed by atoms with E-state index in [1.165, 1.54) is 6.07 Å². The molecule has 0 saturated carbocycles. The number of rotatable bonds is 25. The lowest BCUT2D eigenvalue weighted by atomic mass is 9.90. The predicted octanol–water partition coefficient (Wildman–Crippen LogP) is 7.87. The average Bonchev–Trinajstić information content (AvgIpc) is 3.67. The molecule has 59 heavy (non-hydrogen) atoms. The number of amides is 4. The lowest BCUT2D eigenvalue weighted by Crippen LogP contribution is -2.61. The number of hydrogen-bond acceptors (Lipinski definition) is 10. The van der Waals surface area contributed by atoms with Crippen molar-refractivity contribution in [3.63, 3.8) is 0 Å². The summed E-state index contributed by atoms with van der Waals surface area (Å²) in [5, 5.41) is 29.9. The number of carbonyl (C=O) groups excluding carboxylic acids is 4. The van der Waals surface area contributed by atoms with E-state index in [4.69, 9.17) is 18.0 Å². The van der Waals surface area contributed by atoms with Gasteiger partial charge >= 0.3 is 0 Å². The largest absolute Gasteiger partial charge is 0.494 e. The molecule has 2 aromatic rings. The number of hydrogen-bond donors (Lipinski definition) is 5. The number of hydroxylamine groups is 2. The zero-order chi connectivity index (χ0) is 44.8. The first kappa shape index (κ1) is 51.6. The summed E-state index contributed by atoms with van der Waals surface area (Å²) in [5.74, 6) is -1.47. The van der Waals surface area contributed by atoms with Crippen LogP contribution < -0.4 is 20.7 Å². The lowest BCUT2D eigenvalue weighted by Gasteiger charge is -2.43. The highest BCUT2D eigenvalue weighted by Gasteiger charge is 2.44. The van der Waals surface area contributed by atoms with Crippen molar-refractivity contribution in [3.05, 3.63) is 41.7 Å². The minimum Gasteiger partial charge on any atom is -0.494 e. The van der Waals surface area contributed by atoms with Crippen molar-refractivity contribution in [1.82, 2.24) is 21.0 Å². The average molecular weight is 863 g/mol. The quantitative estimate of drug-likeness (QED) is 0.0164. The van der Waals surface area contributed by atoms with Crippen molar-refractivity contribution in [2.75, 3.05) is 33.1 Å². The molecule has 14 nitrogen and oxygen atoms in total. The second-order valence-electron chi connectivity index (χ2n) is 18.5. The molecule has 0 aliphatic heterocycles. The van der Waals surface area contributed by atoms with Crippen LogP contribution in [0.1, 0.15) is 122 Å². The van der Waals surface area contributed by atoms with Gasteiger partial charge in [0.2, 0.25) is 12.3 Å². The molecule has 0 aliphatic carbocycles. The molecule has 1 aromatic heterocycles. The Morgan fingerprint density at radius 1 is 0.864 bits per heavy atom. The Balaban J connectivity index is 2.35. The van der Waals surface area contributed by atoms with Gasteiger partial charge in [-0.05, 0) is 86.4 Å². The highest BCUT2D eigenvalue weighted by Crippen LogP contribution is 2.39. The third kappa shape index (κ3) is 14.8. The van der Waals surface area contributed by atoms with Gasteiger partial charge in [0.15, 0.2) is 22.4 Å². The van der Waals surface area contributed by atoms with Crippen LogP contribution in [0.2, 0.25) is 36.3 Å². The summed E-state index contributed by atoms with van der Waals surface area (Å²) in [6.07, 6.45) is 4.86. The lowest BCUT2D eigenvalue weighted by molar-refractivity contribution is -0.168. The third-order valence-electron chi connectivity index (χ3n) is 11.9. The second kappa shape index (κ2) is 22.3. The molecule has 2 rings (SSSR count). The van der Waals surface area contributed by atoms with Gasteiger partial charge < -0.3 is 39.1 Å². The van der Waals surface area contributed by atoms with E-state index in [1.54, 1.807) is 31.2 Å². The summed E-state index contributed by atoms with van der Waals surface area (Å²) in [7, 11) is -4.61. The first-order valence-corrected chi connectivity index (χ1v) is 26.8. The van der Waals surface area contributed by atoms with E-state index >= 15 is 0 Å². The SMILES string of the molecule is CCCCCC[C@@H](C(=O)NCNC(=O)c1ccc(-c2cc(OCC)cc(C(=O)NC(CO)(CO[Si](C)(C)C(C)(C)C)CO[Si](C)(C)C(C)(C)C)c2)o1)[C@@H](CC)N(O)C=O. The standard InChI is InChI=1S/C43H74N4O10Si2/c1-14-17-18-19-20-34(35(15-2)47(53)30-49)39(51)44-29-45-40(52)37-22-21-36(57-37)31-23-32(25-33(24-31)54-16-3)38(50)46-43(26-48,27-55-58(10,11)41(4,5)6)28-56-59(12,13)42(7,8)9/h21-25,30,34-35,48,53H,14-20,26-29H2,1-13H3,(H,44,51)(H,45,52)(H,46,50)/t34-,35-/m1/s1. The molecule has 16 heteroatoms. The molecule has 5 N–H and O–H groups in total. The van der Waals surface area contributed by atoms with Gasteiger partial charge in [-0.2, -0.15) is 0 Å². The normalized spacial score (nSPS) is 13.7. The van der Waals surface area contributed by atoms with Crippen molar-refractivity contribution in [1.29, 1.82) is 0 Å². The first-order valence-electron chi connectivity index (χ1n) is 21.0. The molecular formula is C43H74N4O10Si2. The molecule has 0 aliphatic rings. The zero-order valence-electron chi connectivity index (χ0n) is 38.0. The van der Waals surface area contributed by atoms with Gasteiger partial charge in [0.1, 0.15) is 17.0 Å². The molecule has 0 fully saturated rings. The predicted molar refractivity (Wildman–Crippen MR) is 235 cm³/mol. The number of benzene rings is 1. The van der Waals surface area contributed by atoms with Crippen LogP contribution in [0.25, 0.3) is 11.3 Å². The molecule has 1 heterocycles. The van der Waals surface area contributed by atoms with E-state index in [-0.39, 0.29) is 41.3 Å². The molecule has 1 aromatic carbocycles. The number of nitrogens with one attached hydrogen (secondary N) is 3. The first-order chi connectivity index (χ1) is 27.4. The summed E-state index contributed by atoms with van der Waals surface area (Å²) >= 11 is 0. The molecule has 0 bridgehead atoms. The third-order valence-corrected chi connectivity index (χ3v) is 20.8. The number of carbonyl (C=O) groups is 4. The van der Waals surface area contributed by atoms with Gasteiger partial charge in [-0.1, -0.05) is 81.1 Å². The maximum atomic E-state index is 14.2. The Hall–Kier alpha value is -3.55. The highest BCUT2D eigenvalue weighted by molar-refractivity contribution is 6.74. The molecule has 0 radical (unpaired) electrons. The maximum absolute atomic E-state index is 14.2. The van der Waals surface area contributed by atoms with Crippen LogP contribution in [0.3, 0.4) is 0 Å². The van der Waals surface area contributed by atoms with Crippen LogP contribution in [-0.4, -0.2) is 101 Å². The van der Waals surface area contributed by atoms with E-state index in [0.29, 0.717) is 48.0 Å². The molecular weight excluding hydrogens is 789 g/mol. The van der Waals surface area contributed by atoms with E-state index < -0.39 is 58.5 Å². The summed E-state index contributed by atoms with van der Waals surface area (Å²) in [6, 6.07) is 7.33. The van der Waals surface area contributed by atoms with Crippen molar-refractivity contribution >= 4 is 40.8 Å². The maximum Gasteiger partial charge on any atom is 0.288 e. The molecule has 0 spiro atoms. The van der Waals surface area contributed by atoms with Gasteiger partial charge in [-0.15, -0.1) is 0 Å². The number of aliphatic hydroxyl groups is 1. The number of furan rings is 1. The van der Waals surface area contributed by atoms with Crippen molar-refractivity contribution < 1.29 is 47.5 Å². The van der Waals surface area contributed by atoms with Crippen molar-refractivity contribution in [2.24, 2.45) is 5.92 Å². The van der Waals surface area contributed by atoms with Crippen LogP contribution in [0, 0.1) is 5.92 Å². The fourth-order valence-corrected chi connectivity index (χ4v) is 7.96. The summed E-state index contributed by atoms with van der Waals surface area (Å²) < 4.78 is 25.0. The van der Waals surface area contributed by atoms with E-state index in [0.717, 1.165) is 25.7 Å². The molecule has 0 saturated heterocycles. The summed E-state index contributed by atoms with van der Waals surface area (Å²) in [4.78, 5) is 52.0. The van der Waals surface area contributed by atoms with Crippen LogP contribution in [-0.2, 0) is 18.4 Å². The van der Waals surface area contributed by atoms with E-state index in [1.807, 2.05) is 6.92 Å². The topological polar surface area (TPSA) is 189 Å². The van der Waals surface area contributed by atoms with Gasteiger partial charge in [-0.3, -0.25) is 24.4 Å². The summed E-state index contributed by atoms with van der Waals surface area (Å²) in [6.45, 7) is 26.7. The molecule has 4 amide bonds. The molecule has 0 unspecified atom stereocenters. The number of nitrogens with zero attached hydrogens (tertiary/aromatic N) is 1. The van der Waals surface area contributed by atoms with Crippen LogP contribution in [0.4, 0.5) is 0 Å². The Kier molecular flexibility index (Phi) is 19.5. The minimum absolute atomic E-state index is 0.0306. The second-order valence-corrected chi connectivity index (χ2v) is 28.1. The fourth-order valence-electron chi connectivity index (χ4n) is 5.82. The van der Waals surface area contributed by atoms with E-state index in [2.05, 4.69) is 90.6 Å². The van der Waals surface area contributed by atoms with Crippen molar-refractivity contribution in [3.8, 4) is 17.1 Å². The van der Waals surface area contributed by atoms with Gasteiger partial charge in [0.25, 0.3) is 11.8 Å². The molecule has 334 valence electrons. The number of ether oxygens (including phenoxy) is 1. The van der Waals surface area contributed by atoms with Crippen LogP contribution >= 0.6 is 0 Å². The number of aliphatic hydroxyl groups excluding tert-OH is 1. The van der Waals surface area contributed by atoms with Gasteiger partial charge in [-0.25, -0.2) is 5.06 Å². The minimum atomic E-state index is -2.31. The summed E-state index contributed by atoms with van der Waals surface area (Å²) in [5.41, 5.74) is -0.550. The fraction of sp³-hybridized carbons (Fsp3) is 0.674. The smallest absolute Gasteiger partial charge is 0.288 e. The van der Waals surface area contributed by atoms with E-state index in [9.17, 15) is 29.5 Å². The van der Waals surface area contributed by atoms with Gasteiger partial charge in [0.05, 0.1) is 45.1 Å².